The summed E-state index contributed by atoms with van der Waals surface area (Å²) in [6.07, 6.45) is 0.261. The maximum absolute atomic E-state index is 13.5. The van der Waals surface area contributed by atoms with Crippen LogP contribution in [0.5, 0.6) is 0 Å². The lowest BCUT2D eigenvalue weighted by molar-refractivity contribution is -0.131. The molecule has 1 fully saturated rings. The molecule has 1 aromatic rings. The van der Waals surface area contributed by atoms with Crippen LogP contribution in [-0.2, 0) is 4.79 Å². The molecule has 0 spiro atoms. The summed E-state index contributed by atoms with van der Waals surface area (Å²) in [5, 5.41) is 3.21. The molecule has 1 heterocycles. The third kappa shape index (κ3) is 3.40. The van der Waals surface area contributed by atoms with E-state index in [4.69, 9.17) is 0 Å². The molecule has 2 rings (SSSR count). The largest absolute Gasteiger partial charge is 0.321 e. The van der Waals surface area contributed by atoms with Crippen LogP contribution < -0.4 is 5.32 Å². The van der Waals surface area contributed by atoms with Gasteiger partial charge < -0.3 is 4.90 Å². The molecular weight excluding hydrogens is 274 g/mol. The Labute approximate surface area is 124 Å². The van der Waals surface area contributed by atoms with Gasteiger partial charge in [0.1, 0.15) is 6.17 Å². The third-order valence-corrected chi connectivity index (χ3v) is 3.56. The van der Waals surface area contributed by atoms with Gasteiger partial charge >= 0.3 is 0 Å². The second kappa shape index (κ2) is 5.72. The first kappa shape index (κ1) is 15.9. The first-order valence-corrected chi connectivity index (χ1v) is 7.24. The van der Waals surface area contributed by atoms with Gasteiger partial charge in [-0.05, 0) is 29.5 Å². The van der Waals surface area contributed by atoms with E-state index in [1.807, 2.05) is 27.7 Å². The molecule has 2 atom stereocenters. The van der Waals surface area contributed by atoms with Crippen LogP contribution in [0.15, 0.2) is 18.2 Å². The fourth-order valence-corrected chi connectivity index (χ4v) is 2.61. The van der Waals surface area contributed by atoms with Crippen LogP contribution in [0.1, 0.15) is 45.8 Å². The lowest BCUT2D eigenvalue weighted by Gasteiger charge is -2.31. The predicted octanol–water partition coefficient (Wildman–Crippen LogP) is 3.22. The summed E-state index contributed by atoms with van der Waals surface area (Å²) in [6.45, 7) is 8.61. The molecule has 1 aliphatic rings. The van der Waals surface area contributed by atoms with Crippen molar-refractivity contribution in [1.82, 2.24) is 10.2 Å². The number of nitrogens with zero attached hydrogens (tertiary/aromatic N) is 1. The Kier molecular flexibility index (Phi) is 4.33. The number of halogens is 2. The lowest BCUT2D eigenvalue weighted by atomic mass is 9.95. The van der Waals surface area contributed by atoms with Crippen LogP contribution in [0.25, 0.3) is 0 Å². The number of rotatable bonds is 3. The zero-order valence-corrected chi connectivity index (χ0v) is 12.9. The molecule has 1 N–H and O–H groups in total. The van der Waals surface area contributed by atoms with Crippen LogP contribution in [0, 0.1) is 17.0 Å². The highest BCUT2D eigenvalue weighted by atomic mass is 19.2. The van der Waals surface area contributed by atoms with E-state index in [1.54, 1.807) is 4.90 Å². The number of hydrogen-bond acceptors (Lipinski definition) is 2. The number of amides is 1. The maximum Gasteiger partial charge on any atom is 0.241 e. The van der Waals surface area contributed by atoms with Gasteiger partial charge in [-0.1, -0.05) is 33.8 Å². The molecule has 1 amide bonds. The minimum atomic E-state index is -0.891. The first-order valence-electron chi connectivity index (χ1n) is 7.24. The summed E-state index contributed by atoms with van der Waals surface area (Å²) in [5.74, 6) is -1.75. The second-order valence-electron chi connectivity index (χ2n) is 6.73. The van der Waals surface area contributed by atoms with Gasteiger partial charge in [0.15, 0.2) is 11.6 Å². The fourth-order valence-electron chi connectivity index (χ4n) is 2.61. The Bertz CT molecular complexity index is 540. The van der Waals surface area contributed by atoms with E-state index >= 15 is 0 Å². The Hall–Kier alpha value is -1.49. The third-order valence-electron chi connectivity index (χ3n) is 3.56. The highest BCUT2D eigenvalue weighted by Crippen LogP contribution is 2.30. The van der Waals surface area contributed by atoms with Crippen molar-refractivity contribution in [1.29, 1.82) is 0 Å². The van der Waals surface area contributed by atoms with E-state index in [-0.39, 0.29) is 17.4 Å². The summed E-state index contributed by atoms with van der Waals surface area (Å²) in [5.41, 5.74) is 0.499. The fraction of sp³-hybridized carbons (Fsp3) is 0.562. The molecule has 3 nitrogen and oxygen atoms in total. The van der Waals surface area contributed by atoms with E-state index in [0.717, 1.165) is 12.1 Å². The van der Waals surface area contributed by atoms with E-state index < -0.39 is 17.8 Å². The van der Waals surface area contributed by atoms with Crippen LogP contribution in [-0.4, -0.2) is 23.4 Å². The predicted molar refractivity (Wildman–Crippen MR) is 77.5 cm³/mol. The molecule has 2 unspecified atom stereocenters. The van der Waals surface area contributed by atoms with E-state index in [9.17, 15) is 13.6 Å². The van der Waals surface area contributed by atoms with Gasteiger partial charge in [0.2, 0.25) is 5.91 Å². The van der Waals surface area contributed by atoms with Gasteiger partial charge in [0.25, 0.3) is 0 Å². The zero-order chi connectivity index (χ0) is 15.8. The van der Waals surface area contributed by atoms with Gasteiger partial charge in [-0.25, -0.2) is 8.78 Å². The monoisotopic (exact) mass is 296 g/mol. The number of benzene rings is 1. The van der Waals surface area contributed by atoms with Crippen molar-refractivity contribution in [2.75, 3.05) is 6.54 Å². The van der Waals surface area contributed by atoms with E-state index in [0.29, 0.717) is 18.5 Å². The maximum atomic E-state index is 13.5. The van der Waals surface area contributed by atoms with E-state index in [1.165, 1.54) is 6.07 Å². The summed E-state index contributed by atoms with van der Waals surface area (Å²) in [7, 11) is 0. The Morgan fingerprint density at radius 2 is 1.90 bits per heavy atom. The number of carbonyl (C=O) groups is 1. The normalized spacial score (nSPS) is 23.0. The Morgan fingerprint density at radius 3 is 2.43 bits per heavy atom. The van der Waals surface area contributed by atoms with Crippen molar-refractivity contribution < 1.29 is 13.6 Å². The molecule has 0 bridgehead atoms. The van der Waals surface area contributed by atoms with Gasteiger partial charge in [0, 0.05) is 6.54 Å². The molecule has 21 heavy (non-hydrogen) atoms. The average Bonchev–Trinajstić information content (AvgIpc) is 2.68. The van der Waals surface area contributed by atoms with Crippen LogP contribution in [0.4, 0.5) is 8.78 Å². The molecule has 1 saturated heterocycles. The molecule has 1 aliphatic heterocycles. The lowest BCUT2D eigenvalue weighted by Crippen LogP contribution is -2.37. The Morgan fingerprint density at radius 1 is 1.24 bits per heavy atom. The molecular formula is C16H22F2N2O. The van der Waals surface area contributed by atoms with Gasteiger partial charge in [-0.3, -0.25) is 10.1 Å². The smallest absolute Gasteiger partial charge is 0.241 e. The first-order chi connectivity index (χ1) is 9.73. The molecule has 1 aromatic carbocycles. The molecule has 0 aromatic heterocycles. The highest BCUT2D eigenvalue weighted by Gasteiger charge is 2.40. The van der Waals surface area contributed by atoms with Gasteiger partial charge in [-0.2, -0.15) is 0 Å². The number of nitrogens with one attached hydrogen (secondary N) is 1. The van der Waals surface area contributed by atoms with Crippen molar-refractivity contribution >= 4 is 5.91 Å². The Balaban J connectivity index is 2.34. The van der Waals surface area contributed by atoms with E-state index in [2.05, 4.69) is 5.32 Å². The summed E-state index contributed by atoms with van der Waals surface area (Å²) >= 11 is 0. The van der Waals surface area contributed by atoms with Gasteiger partial charge in [-0.15, -0.1) is 0 Å². The topological polar surface area (TPSA) is 32.3 Å². The van der Waals surface area contributed by atoms with Crippen molar-refractivity contribution in [2.45, 2.75) is 46.3 Å². The molecule has 0 saturated carbocycles. The molecule has 5 heteroatoms. The minimum Gasteiger partial charge on any atom is -0.321 e. The minimum absolute atomic E-state index is 0.0159. The molecule has 116 valence electrons. The molecule has 0 radical (unpaired) electrons. The number of carbonyl (C=O) groups excluding carboxylic acids is 1. The SMILES string of the molecule is CCC1NC(c2ccc(F)c(F)c2)N(CC(C)(C)C)C1=O. The van der Waals surface area contributed by atoms with Crippen LogP contribution >= 0.6 is 0 Å². The van der Waals surface area contributed by atoms with Crippen molar-refractivity contribution in [2.24, 2.45) is 5.41 Å². The molecule has 0 aliphatic carbocycles. The zero-order valence-electron chi connectivity index (χ0n) is 12.9. The van der Waals surface area contributed by atoms with Crippen LogP contribution in [0.2, 0.25) is 0 Å². The average molecular weight is 296 g/mol. The van der Waals surface area contributed by atoms with Crippen molar-refractivity contribution in [3.63, 3.8) is 0 Å². The number of hydrogen-bond donors (Lipinski definition) is 1. The van der Waals surface area contributed by atoms with Crippen LogP contribution in [0.3, 0.4) is 0 Å². The van der Waals surface area contributed by atoms with Crippen molar-refractivity contribution in [3.05, 3.63) is 35.4 Å². The van der Waals surface area contributed by atoms with Gasteiger partial charge in [0.05, 0.1) is 6.04 Å². The second-order valence-corrected chi connectivity index (χ2v) is 6.73. The highest BCUT2D eigenvalue weighted by molar-refractivity contribution is 5.84. The summed E-state index contributed by atoms with van der Waals surface area (Å²) in [4.78, 5) is 14.2. The summed E-state index contributed by atoms with van der Waals surface area (Å²) in [6, 6.07) is 3.52. The van der Waals surface area contributed by atoms with Crippen molar-refractivity contribution in [3.8, 4) is 0 Å². The standard InChI is InChI=1S/C16H22F2N2O/c1-5-13-15(21)20(9-16(2,3)4)14(19-13)10-6-7-11(17)12(18)8-10/h6-8,13-14,19H,5,9H2,1-4H3. The summed E-state index contributed by atoms with van der Waals surface area (Å²) < 4.78 is 26.6. The quantitative estimate of drug-likeness (QED) is 0.929.